The minimum atomic E-state index is -0.380. The van der Waals surface area contributed by atoms with Crippen molar-refractivity contribution in [3.05, 3.63) is 119 Å². The van der Waals surface area contributed by atoms with Crippen LogP contribution in [0.4, 0.5) is 9.59 Å². The highest BCUT2D eigenvalue weighted by molar-refractivity contribution is 8.15. The Bertz CT molecular complexity index is 1550. The third-order valence-corrected chi connectivity index (χ3v) is 8.45. The molecule has 1 N–H and O–H groups in total. The number of imide groups is 1. The summed E-state index contributed by atoms with van der Waals surface area (Å²) in [4.78, 5) is 37.9. The average molecular weight is 549 g/mol. The van der Waals surface area contributed by atoms with Crippen molar-refractivity contribution in [2.24, 2.45) is 0 Å². The van der Waals surface area contributed by atoms with Gasteiger partial charge in [-0.15, -0.1) is 0 Å². The molecule has 4 aromatic rings. The van der Waals surface area contributed by atoms with Crippen LogP contribution in [0.5, 0.6) is 0 Å². The molecule has 4 aromatic carbocycles. The van der Waals surface area contributed by atoms with E-state index in [1.165, 1.54) is 22.3 Å². The van der Waals surface area contributed by atoms with Crippen molar-refractivity contribution < 1.29 is 19.1 Å². The van der Waals surface area contributed by atoms with E-state index in [1.807, 2.05) is 66.7 Å². The summed E-state index contributed by atoms with van der Waals surface area (Å²) in [6, 6.07) is 32.7. The fourth-order valence-electron chi connectivity index (χ4n) is 5.47. The van der Waals surface area contributed by atoms with Gasteiger partial charge in [-0.3, -0.25) is 14.9 Å². The first-order chi connectivity index (χ1) is 19.5. The molecule has 1 fully saturated rings. The van der Waals surface area contributed by atoms with Crippen LogP contribution in [-0.4, -0.2) is 41.0 Å². The molecule has 40 heavy (non-hydrogen) atoms. The predicted octanol–water partition coefficient (Wildman–Crippen LogP) is 6.63. The topological polar surface area (TPSA) is 75.7 Å². The van der Waals surface area contributed by atoms with E-state index >= 15 is 0 Å². The minimum Gasteiger partial charge on any atom is -0.448 e. The fourth-order valence-corrected chi connectivity index (χ4v) is 6.33. The van der Waals surface area contributed by atoms with Crippen LogP contribution in [0.3, 0.4) is 0 Å². The number of fused-ring (bicyclic) bond motifs is 3. The van der Waals surface area contributed by atoms with Gasteiger partial charge in [0.1, 0.15) is 6.61 Å². The van der Waals surface area contributed by atoms with Gasteiger partial charge in [0, 0.05) is 19.5 Å². The highest BCUT2D eigenvalue weighted by Crippen LogP contribution is 2.44. The van der Waals surface area contributed by atoms with Gasteiger partial charge in [-0.2, -0.15) is 0 Å². The second kappa shape index (κ2) is 11.0. The smallest absolute Gasteiger partial charge is 0.409 e. The normalized spacial score (nSPS) is 15.9. The molecule has 7 heteroatoms. The largest absolute Gasteiger partial charge is 0.448 e. The third-order valence-electron chi connectivity index (χ3n) is 7.47. The molecule has 3 amide bonds. The lowest BCUT2D eigenvalue weighted by molar-refractivity contribution is -0.118. The van der Waals surface area contributed by atoms with E-state index in [0.29, 0.717) is 19.6 Å². The van der Waals surface area contributed by atoms with Crippen molar-refractivity contribution >= 4 is 29.0 Å². The van der Waals surface area contributed by atoms with E-state index in [4.69, 9.17) is 4.74 Å². The number of hydrogen-bond acceptors (Lipinski definition) is 5. The Morgan fingerprint density at radius 3 is 2.15 bits per heavy atom. The summed E-state index contributed by atoms with van der Waals surface area (Å²) in [6.45, 7) is 0.712. The minimum absolute atomic E-state index is 0.0261. The van der Waals surface area contributed by atoms with E-state index in [-0.39, 0.29) is 28.4 Å². The number of hydrogen-bond donors (Lipinski definition) is 1. The molecule has 0 bridgehead atoms. The average Bonchev–Trinajstić information content (AvgIpc) is 3.47. The summed E-state index contributed by atoms with van der Waals surface area (Å²) in [6.07, 6.45) is 0.150. The maximum Gasteiger partial charge on any atom is 0.409 e. The van der Waals surface area contributed by atoms with Gasteiger partial charge in [-0.05, 0) is 57.0 Å². The maximum atomic E-state index is 13.0. The molecule has 1 atom stereocenters. The summed E-state index contributed by atoms with van der Waals surface area (Å²) >= 11 is 1.04. The summed E-state index contributed by atoms with van der Waals surface area (Å²) in [5, 5.41) is 1.67. The maximum absolute atomic E-state index is 13.0. The molecule has 0 aromatic heterocycles. The number of carbonyl (C=O) groups excluding carboxylic acids is 3. The molecule has 1 aliphatic heterocycles. The Morgan fingerprint density at radius 2 is 1.50 bits per heavy atom. The van der Waals surface area contributed by atoms with Crippen molar-refractivity contribution in [2.75, 3.05) is 13.7 Å². The number of nitrogens with zero attached hydrogens (tertiary/aromatic N) is 1. The number of thioether (sulfide) groups is 1. The highest BCUT2D eigenvalue weighted by atomic mass is 32.2. The lowest BCUT2D eigenvalue weighted by Crippen LogP contribution is -2.28. The fraction of sp³-hybridized carbons (Fsp3) is 0.182. The lowest BCUT2D eigenvalue weighted by atomic mass is 9.98. The van der Waals surface area contributed by atoms with Gasteiger partial charge in [-0.1, -0.05) is 103 Å². The van der Waals surface area contributed by atoms with Crippen LogP contribution in [0.1, 0.15) is 28.2 Å². The molecule has 0 saturated carbocycles. The molecule has 6 nitrogen and oxygen atoms in total. The molecule has 2 aliphatic rings. The van der Waals surface area contributed by atoms with Gasteiger partial charge in [0.05, 0.1) is 5.25 Å². The monoisotopic (exact) mass is 548 g/mol. The van der Waals surface area contributed by atoms with Crippen molar-refractivity contribution in [3.63, 3.8) is 0 Å². The summed E-state index contributed by atoms with van der Waals surface area (Å²) in [5.41, 5.74) is 8.86. The van der Waals surface area contributed by atoms with E-state index in [2.05, 4.69) is 35.6 Å². The van der Waals surface area contributed by atoms with Crippen LogP contribution in [-0.2, 0) is 22.5 Å². The van der Waals surface area contributed by atoms with Crippen molar-refractivity contribution in [1.29, 1.82) is 0 Å². The summed E-state index contributed by atoms with van der Waals surface area (Å²) in [7, 11) is 1.75. The van der Waals surface area contributed by atoms with Gasteiger partial charge in [0.2, 0.25) is 5.91 Å². The van der Waals surface area contributed by atoms with Gasteiger partial charge in [0.15, 0.2) is 0 Å². The van der Waals surface area contributed by atoms with E-state index < -0.39 is 0 Å². The standard InChI is InChI=1S/C33H28N2O4S/c1-35(33(38)39-20-29-27-11-4-2-9-25(27)26-10-3-5-12-28(26)29)19-22-7-6-8-24(17-22)23-15-13-21(14-16-23)18-30-31(36)34-32(37)40-30/h2-17,29-30H,18-20H2,1H3,(H,34,36,37). The summed E-state index contributed by atoms with van der Waals surface area (Å²) < 4.78 is 5.81. The van der Waals surface area contributed by atoms with Gasteiger partial charge >= 0.3 is 6.09 Å². The van der Waals surface area contributed by atoms with Gasteiger partial charge in [-0.25, -0.2) is 4.79 Å². The Labute approximate surface area is 237 Å². The third kappa shape index (κ3) is 5.25. The van der Waals surface area contributed by atoms with Crippen LogP contribution in [0.2, 0.25) is 0 Å². The number of rotatable bonds is 7. The quantitative estimate of drug-likeness (QED) is 0.281. The Hall–Kier alpha value is -4.36. The van der Waals surface area contributed by atoms with Crippen LogP contribution >= 0.6 is 11.8 Å². The molecule has 200 valence electrons. The van der Waals surface area contributed by atoms with Gasteiger partial charge in [0.25, 0.3) is 5.24 Å². The first-order valence-electron chi connectivity index (χ1n) is 13.2. The molecule has 0 radical (unpaired) electrons. The molecular weight excluding hydrogens is 520 g/mol. The van der Waals surface area contributed by atoms with Crippen LogP contribution < -0.4 is 5.32 Å². The van der Waals surface area contributed by atoms with Gasteiger partial charge < -0.3 is 9.64 Å². The number of nitrogens with one attached hydrogen (secondary N) is 1. The lowest BCUT2D eigenvalue weighted by Gasteiger charge is -2.20. The number of carbonyl (C=O) groups is 3. The zero-order valence-corrected chi connectivity index (χ0v) is 22.8. The summed E-state index contributed by atoms with van der Waals surface area (Å²) in [5.74, 6) is -0.203. The van der Waals surface area contributed by atoms with Crippen LogP contribution in [0.15, 0.2) is 97.1 Å². The Balaban J connectivity index is 1.08. The first kappa shape index (κ1) is 25.9. The molecule has 1 aliphatic carbocycles. The molecular formula is C33H28N2O4S. The number of benzene rings is 4. The molecule has 1 heterocycles. The van der Waals surface area contributed by atoms with Crippen molar-refractivity contribution in [3.8, 4) is 22.3 Å². The van der Waals surface area contributed by atoms with E-state index in [0.717, 1.165) is 34.0 Å². The molecule has 1 unspecified atom stereocenters. The zero-order chi connectivity index (χ0) is 27.6. The van der Waals surface area contributed by atoms with E-state index in [1.54, 1.807) is 11.9 Å². The van der Waals surface area contributed by atoms with Crippen LogP contribution in [0.25, 0.3) is 22.3 Å². The van der Waals surface area contributed by atoms with Crippen LogP contribution in [0, 0.1) is 0 Å². The SMILES string of the molecule is CN(Cc1cccc(-c2ccc(CC3SC(=O)NC3=O)cc2)c1)C(=O)OCC1c2ccccc2-c2ccccc21. The number of amides is 3. The number of ether oxygens (including phenoxy) is 1. The van der Waals surface area contributed by atoms with Crippen molar-refractivity contribution in [1.82, 2.24) is 10.2 Å². The zero-order valence-electron chi connectivity index (χ0n) is 22.0. The highest BCUT2D eigenvalue weighted by Gasteiger charge is 2.31. The molecule has 0 spiro atoms. The first-order valence-corrected chi connectivity index (χ1v) is 14.1. The second-order valence-electron chi connectivity index (χ2n) is 10.1. The second-order valence-corrected chi connectivity index (χ2v) is 11.3. The van der Waals surface area contributed by atoms with Crippen molar-refractivity contribution in [2.45, 2.75) is 24.1 Å². The molecule has 6 rings (SSSR count). The predicted molar refractivity (Wildman–Crippen MR) is 157 cm³/mol. The molecule has 1 saturated heterocycles. The Morgan fingerprint density at radius 1 is 0.825 bits per heavy atom. The Kier molecular flexibility index (Phi) is 7.13. The van der Waals surface area contributed by atoms with E-state index in [9.17, 15) is 14.4 Å².